The van der Waals surface area contributed by atoms with Crippen molar-refractivity contribution in [3.05, 3.63) is 72.8 Å². The highest BCUT2D eigenvalue weighted by Crippen LogP contribution is 2.30. The Hall–Kier alpha value is -3.98. The van der Waals surface area contributed by atoms with Crippen LogP contribution in [0.25, 0.3) is 17.1 Å². The van der Waals surface area contributed by atoms with E-state index in [1.165, 1.54) is 11.8 Å². The summed E-state index contributed by atoms with van der Waals surface area (Å²) < 4.78 is 17.7. The lowest BCUT2D eigenvalue weighted by atomic mass is 10.2. The number of carbonyl (C=O) groups is 1. The molecule has 0 unspecified atom stereocenters. The van der Waals surface area contributed by atoms with Crippen molar-refractivity contribution in [2.75, 3.05) is 32.4 Å². The molecule has 0 saturated heterocycles. The van der Waals surface area contributed by atoms with E-state index in [1.807, 2.05) is 71.3 Å². The minimum Gasteiger partial charge on any atom is -0.497 e. The highest BCUT2D eigenvalue weighted by atomic mass is 32.2. The molecule has 9 heteroatoms. The first-order valence-electron chi connectivity index (χ1n) is 10.4. The second-order valence-electron chi connectivity index (χ2n) is 7.14. The molecule has 0 bridgehead atoms. The number of aromatic nitrogens is 3. The first kappa shape index (κ1) is 23.2. The summed E-state index contributed by atoms with van der Waals surface area (Å²) in [7, 11) is 4.84. The van der Waals surface area contributed by atoms with E-state index in [4.69, 9.17) is 14.2 Å². The first-order chi connectivity index (χ1) is 16.6. The van der Waals surface area contributed by atoms with Crippen molar-refractivity contribution in [2.24, 2.45) is 0 Å². The Morgan fingerprint density at radius 2 is 1.50 bits per heavy atom. The molecule has 0 radical (unpaired) electrons. The monoisotopic (exact) mass is 476 g/mol. The lowest BCUT2D eigenvalue weighted by molar-refractivity contribution is -0.113. The quantitative estimate of drug-likeness (QED) is 0.351. The molecule has 1 amide bonds. The summed E-state index contributed by atoms with van der Waals surface area (Å²) in [6.07, 6.45) is 0. The van der Waals surface area contributed by atoms with Gasteiger partial charge >= 0.3 is 0 Å². The summed E-state index contributed by atoms with van der Waals surface area (Å²) in [5.74, 6) is 2.83. The summed E-state index contributed by atoms with van der Waals surface area (Å²) in [6.45, 7) is 0. The number of thioether (sulfide) groups is 1. The number of carbonyl (C=O) groups excluding carboxylic acids is 1. The molecule has 0 fully saturated rings. The maximum atomic E-state index is 12.6. The minimum absolute atomic E-state index is 0.159. The topological polar surface area (TPSA) is 87.5 Å². The summed E-state index contributed by atoms with van der Waals surface area (Å²) in [4.78, 5) is 12.6. The molecule has 3 aromatic carbocycles. The third-order valence-electron chi connectivity index (χ3n) is 5.00. The van der Waals surface area contributed by atoms with E-state index < -0.39 is 0 Å². The van der Waals surface area contributed by atoms with E-state index in [0.717, 1.165) is 22.7 Å². The Morgan fingerprint density at radius 1 is 0.853 bits per heavy atom. The number of hydrogen-bond donors (Lipinski definition) is 1. The third-order valence-corrected chi connectivity index (χ3v) is 5.93. The number of methoxy groups -OCH3 is 3. The largest absolute Gasteiger partial charge is 0.497 e. The van der Waals surface area contributed by atoms with Gasteiger partial charge in [-0.05, 0) is 60.7 Å². The van der Waals surface area contributed by atoms with Gasteiger partial charge in [-0.1, -0.05) is 17.8 Å². The number of benzene rings is 3. The summed E-state index contributed by atoms with van der Waals surface area (Å²) in [5, 5.41) is 12.3. The Bertz CT molecular complexity index is 1260. The summed E-state index contributed by atoms with van der Waals surface area (Å²) >= 11 is 1.30. The number of hydrogen-bond acceptors (Lipinski definition) is 7. The zero-order valence-electron chi connectivity index (χ0n) is 19.0. The van der Waals surface area contributed by atoms with Crippen LogP contribution in [0.1, 0.15) is 0 Å². The van der Waals surface area contributed by atoms with Gasteiger partial charge in [-0.25, -0.2) is 0 Å². The molecule has 0 spiro atoms. The fraction of sp³-hybridized carbons (Fsp3) is 0.160. The van der Waals surface area contributed by atoms with Crippen molar-refractivity contribution >= 4 is 23.4 Å². The molecule has 174 valence electrons. The van der Waals surface area contributed by atoms with Gasteiger partial charge in [0.25, 0.3) is 0 Å². The van der Waals surface area contributed by atoms with Crippen molar-refractivity contribution in [3.63, 3.8) is 0 Å². The highest BCUT2D eigenvalue weighted by Gasteiger charge is 2.18. The number of amides is 1. The van der Waals surface area contributed by atoms with Gasteiger partial charge in [-0.2, -0.15) is 0 Å². The SMILES string of the molecule is COc1ccc(-c2nnc(SCC(=O)Nc3cccc(OC)c3)n2-c2ccc(OC)cc2)cc1. The number of anilines is 1. The molecule has 1 aromatic heterocycles. The van der Waals surface area contributed by atoms with Crippen LogP contribution in [0.3, 0.4) is 0 Å². The van der Waals surface area contributed by atoms with Gasteiger partial charge in [0.15, 0.2) is 11.0 Å². The fourth-order valence-electron chi connectivity index (χ4n) is 3.28. The molecule has 0 aliphatic carbocycles. The molecular weight excluding hydrogens is 452 g/mol. The van der Waals surface area contributed by atoms with Crippen molar-refractivity contribution in [3.8, 4) is 34.3 Å². The van der Waals surface area contributed by atoms with Gasteiger partial charge in [-0.15, -0.1) is 10.2 Å². The van der Waals surface area contributed by atoms with Gasteiger partial charge in [0, 0.05) is 23.0 Å². The van der Waals surface area contributed by atoms with Crippen LogP contribution < -0.4 is 19.5 Å². The van der Waals surface area contributed by atoms with Crippen LogP contribution in [-0.4, -0.2) is 47.8 Å². The Kier molecular flexibility index (Phi) is 7.34. The molecular formula is C25H24N4O4S. The van der Waals surface area contributed by atoms with Crippen LogP contribution >= 0.6 is 11.8 Å². The zero-order valence-corrected chi connectivity index (χ0v) is 19.8. The average molecular weight is 477 g/mol. The smallest absolute Gasteiger partial charge is 0.234 e. The molecule has 0 saturated carbocycles. The molecule has 0 aliphatic heterocycles. The van der Waals surface area contributed by atoms with Crippen molar-refractivity contribution in [2.45, 2.75) is 5.16 Å². The average Bonchev–Trinajstić information content (AvgIpc) is 3.31. The van der Waals surface area contributed by atoms with Crippen LogP contribution in [0.2, 0.25) is 0 Å². The van der Waals surface area contributed by atoms with E-state index in [1.54, 1.807) is 27.4 Å². The highest BCUT2D eigenvalue weighted by molar-refractivity contribution is 7.99. The molecule has 1 N–H and O–H groups in total. The van der Waals surface area contributed by atoms with Crippen molar-refractivity contribution < 1.29 is 19.0 Å². The number of rotatable bonds is 9. The molecule has 0 aliphatic rings. The predicted molar refractivity (Wildman–Crippen MR) is 132 cm³/mol. The number of nitrogens with zero attached hydrogens (tertiary/aromatic N) is 3. The molecule has 4 aromatic rings. The van der Waals surface area contributed by atoms with Gasteiger partial charge < -0.3 is 19.5 Å². The van der Waals surface area contributed by atoms with Crippen LogP contribution in [-0.2, 0) is 4.79 Å². The van der Waals surface area contributed by atoms with Gasteiger partial charge in [-0.3, -0.25) is 9.36 Å². The van der Waals surface area contributed by atoms with E-state index in [9.17, 15) is 4.79 Å². The summed E-state index contributed by atoms with van der Waals surface area (Å²) in [6, 6.07) is 22.4. The maximum absolute atomic E-state index is 12.6. The maximum Gasteiger partial charge on any atom is 0.234 e. The van der Waals surface area contributed by atoms with Gasteiger partial charge in [0.2, 0.25) is 5.91 Å². The Morgan fingerprint density at radius 3 is 2.15 bits per heavy atom. The van der Waals surface area contributed by atoms with E-state index in [-0.39, 0.29) is 11.7 Å². The second kappa shape index (κ2) is 10.8. The zero-order chi connectivity index (χ0) is 23.9. The van der Waals surface area contributed by atoms with Gasteiger partial charge in [0.1, 0.15) is 17.2 Å². The molecule has 0 atom stereocenters. The Labute approximate surface area is 201 Å². The second-order valence-corrected chi connectivity index (χ2v) is 8.08. The fourth-order valence-corrected chi connectivity index (χ4v) is 4.03. The molecule has 4 rings (SSSR count). The van der Waals surface area contributed by atoms with Crippen LogP contribution in [0, 0.1) is 0 Å². The minimum atomic E-state index is -0.159. The predicted octanol–water partition coefficient (Wildman–Crippen LogP) is 4.69. The summed E-state index contributed by atoms with van der Waals surface area (Å²) in [5.41, 5.74) is 2.39. The van der Waals surface area contributed by atoms with Crippen LogP contribution in [0.4, 0.5) is 5.69 Å². The standard InChI is InChI=1S/C25H24N4O4S/c1-31-20-11-7-17(8-12-20)24-27-28-25(29(24)19-9-13-21(32-2)14-10-19)34-16-23(30)26-18-5-4-6-22(15-18)33-3/h4-15H,16H2,1-3H3,(H,26,30). The molecule has 8 nitrogen and oxygen atoms in total. The van der Waals surface area contributed by atoms with Gasteiger partial charge in [0.05, 0.1) is 27.1 Å². The van der Waals surface area contributed by atoms with Crippen molar-refractivity contribution in [1.29, 1.82) is 0 Å². The normalized spacial score (nSPS) is 10.6. The lowest BCUT2D eigenvalue weighted by Crippen LogP contribution is -2.14. The van der Waals surface area contributed by atoms with E-state index in [0.29, 0.717) is 22.4 Å². The first-order valence-corrected chi connectivity index (χ1v) is 11.4. The van der Waals surface area contributed by atoms with Crippen molar-refractivity contribution in [1.82, 2.24) is 14.8 Å². The Balaban J connectivity index is 1.59. The van der Waals surface area contributed by atoms with E-state index in [2.05, 4.69) is 15.5 Å². The lowest BCUT2D eigenvalue weighted by Gasteiger charge is -2.12. The molecule has 34 heavy (non-hydrogen) atoms. The molecule has 1 heterocycles. The third kappa shape index (κ3) is 5.32. The van der Waals surface area contributed by atoms with Crippen LogP contribution in [0.15, 0.2) is 78.0 Å². The number of ether oxygens (including phenoxy) is 3. The van der Waals surface area contributed by atoms with Crippen LogP contribution in [0.5, 0.6) is 17.2 Å². The number of nitrogens with one attached hydrogen (secondary N) is 1. The van der Waals surface area contributed by atoms with E-state index >= 15 is 0 Å².